The Morgan fingerprint density at radius 1 is 1.37 bits per heavy atom. The number of hydrogen-bond acceptors (Lipinski definition) is 4. The number of carboxylic acids is 1. The van der Waals surface area contributed by atoms with Crippen LogP contribution in [0.2, 0.25) is 0 Å². The van der Waals surface area contributed by atoms with Crippen LogP contribution in [0.25, 0.3) is 0 Å². The largest absolute Gasteiger partial charge is 0.480 e. The van der Waals surface area contributed by atoms with Crippen molar-refractivity contribution in [3.05, 3.63) is 17.6 Å². The number of nitrogens with zero attached hydrogens (tertiary/aromatic N) is 2. The van der Waals surface area contributed by atoms with Crippen molar-refractivity contribution in [1.29, 1.82) is 0 Å². The Morgan fingerprint density at radius 3 is 2.63 bits per heavy atom. The molecule has 0 aliphatic heterocycles. The van der Waals surface area contributed by atoms with Gasteiger partial charge >= 0.3 is 5.97 Å². The molecule has 1 aliphatic rings. The van der Waals surface area contributed by atoms with Crippen molar-refractivity contribution < 1.29 is 9.90 Å². The van der Waals surface area contributed by atoms with Gasteiger partial charge in [-0.25, -0.2) is 14.8 Å². The molecule has 0 unspecified atom stereocenters. The molecule has 1 aliphatic carbocycles. The number of rotatable bonds is 4. The molecule has 1 aromatic heterocycles. The Balaban J connectivity index is 2.26. The summed E-state index contributed by atoms with van der Waals surface area (Å²) in [4.78, 5) is 20.3. The molecular formula is C14H21N3O2. The molecule has 0 amide bonds. The van der Waals surface area contributed by atoms with E-state index in [1.807, 2.05) is 19.9 Å². The molecular weight excluding hydrogens is 242 g/mol. The van der Waals surface area contributed by atoms with Crippen LogP contribution in [0.15, 0.2) is 6.07 Å². The molecule has 1 aromatic rings. The van der Waals surface area contributed by atoms with E-state index in [0.717, 1.165) is 37.2 Å². The van der Waals surface area contributed by atoms with Gasteiger partial charge in [-0.1, -0.05) is 26.2 Å². The van der Waals surface area contributed by atoms with Gasteiger partial charge < -0.3 is 10.4 Å². The van der Waals surface area contributed by atoms with Gasteiger partial charge in [0.15, 0.2) is 0 Å². The maximum atomic E-state index is 11.6. The van der Waals surface area contributed by atoms with Gasteiger partial charge in [0.25, 0.3) is 0 Å². The number of anilines is 1. The number of aromatic nitrogens is 2. The van der Waals surface area contributed by atoms with Gasteiger partial charge in [-0.05, 0) is 19.8 Å². The first-order valence-corrected chi connectivity index (χ1v) is 6.92. The zero-order chi connectivity index (χ0) is 13.9. The highest BCUT2D eigenvalue weighted by atomic mass is 16.4. The maximum Gasteiger partial charge on any atom is 0.329 e. The second kappa shape index (κ2) is 5.55. The Hall–Kier alpha value is -1.65. The van der Waals surface area contributed by atoms with Crippen LogP contribution in [0, 0.1) is 6.92 Å². The fourth-order valence-electron chi connectivity index (χ4n) is 2.64. The van der Waals surface area contributed by atoms with Gasteiger partial charge in [0, 0.05) is 18.2 Å². The number of aryl methyl sites for hydroxylation is 2. The van der Waals surface area contributed by atoms with E-state index < -0.39 is 11.5 Å². The van der Waals surface area contributed by atoms with Crippen LogP contribution in [0.3, 0.4) is 0 Å². The molecule has 0 spiro atoms. The third-order valence-corrected chi connectivity index (χ3v) is 3.70. The quantitative estimate of drug-likeness (QED) is 0.873. The third kappa shape index (κ3) is 3.03. The van der Waals surface area contributed by atoms with E-state index in [9.17, 15) is 9.90 Å². The molecule has 0 bridgehead atoms. The molecule has 2 N–H and O–H groups in total. The van der Waals surface area contributed by atoms with E-state index in [2.05, 4.69) is 15.3 Å². The number of aliphatic carboxylic acids is 1. The lowest BCUT2D eigenvalue weighted by Gasteiger charge is -2.34. The van der Waals surface area contributed by atoms with Crippen molar-refractivity contribution in [2.75, 3.05) is 5.32 Å². The molecule has 0 aromatic carbocycles. The lowest BCUT2D eigenvalue weighted by atomic mass is 9.81. The summed E-state index contributed by atoms with van der Waals surface area (Å²) in [5, 5.41) is 12.7. The second-order valence-corrected chi connectivity index (χ2v) is 5.24. The van der Waals surface area contributed by atoms with Gasteiger partial charge in [-0.3, -0.25) is 0 Å². The summed E-state index contributed by atoms with van der Waals surface area (Å²) < 4.78 is 0. The summed E-state index contributed by atoms with van der Waals surface area (Å²) >= 11 is 0. The summed E-state index contributed by atoms with van der Waals surface area (Å²) in [7, 11) is 0. The van der Waals surface area contributed by atoms with Crippen molar-refractivity contribution in [2.45, 2.75) is 57.9 Å². The van der Waals surface area contributed by atoms with Gasteiger partial charge in [-0.2, -0.15) is 0 Å². The topological polar surface area (TPSA) is 75.1 Å². The average Bonchev–Trinajstić information content (AvgIpc) is 2.38. The van der Waals surface area contributed by atoms with Gasteiger partial charge in [0.1, 0.15) is 17.2 Å². The van der Waals surface area contributed by atoms with Crippen molar-refractivity contribution >= 4 is 11.8 Å². The molecule has 1 heterocycles. The molecule has 1 saturated carbocycles. The Labute approximate surface area is 113 Å². The van der Waals surface area contributed by atoms with Crippen LogP contribution in [-0.2, 0) is 11.2 Å². The number of carboxylic acid groups (broad SMARTS) is 1. The van der Waals surface area contributed by atoms with Crippen LogP contribution >= 0.6 is 0 Å². The van der Waals surface area contributed by atoms with Crippen molar-refractivity contribution in [1.82, 2.24) is 9.97 Å². The monoisotopic (exact) mass is 263 g/mol. The van der Waals surface area contributed by atoms with Gasteiger partial charge in [-0.15, -0.1) is 0 Å². The molecule has 0 saturated heterocycles. The van der Waals surface area contributed by atoms with Crippen LogP contribution in [0.1, 0.15) is 50.5 Å². The smallest absolute Gasteiger partial charge is 0.329 e. The maximum absolute atomic E-state index is 11.6. The van der Waals surface area contributed by atoms with E-state index in [0.29, 0.717) is 18.7 Å². The van der Waals surface area contributed by atoms with Crippen LogP contribution < -0.4 is 5.32 Å². The lowest BCUT2D eigenvalue weighted by Crippen LogP contribution is -2.48. The summed E-state index contributed by atoms with van der Waals surface area (Å²) in [5.41, 5.74) is 0.00930. The number of nitrogens with one attached hydrogen (secondary N) is 1. The molecule has 5 heteroatoms. The van der Waals surface area contributed by atoms with E-state index in [4.69, 9.17) is 0 Å². The van der Waals surface area contributed by atoms with Crippen molar-refractivity contribution in [2.24, 2.45) is 0 Å². The van der Waals surface area contributed by atoms with Crippen molar-refractivity contribution in [3.63, 3.8) is 0 Å². The van der Waals surface area contributed by atoms with Gasteiger partial charge in [0.2, 0.25) is 0 Å². The lowest BCUT2D eigenvalue weighted by molar-refractivity contribution is -0.143. The highest BCUT2D eigenvalue weighted by molar-refractivity contribution is 5.82. The average molecular weight is 263 g/mol. The van der Waals surface area contributed by atoms with Crippen LogP contribution in [0.4, 0.5) is 5.82 Å². The SMILES string of the molecule is CCc1nc(C)cc(NC2(C(=O)O)CCCCC2)n1. The zero-order valence-corrected chi connectivity index (χ0v) is 11.6. The van der Waals surface area contributed by atoms with E-state index in [1.54, 1.807) is 0 Å². The first kappa shape index (κ1) is 13.8. The minimum Gasteiger partial charge on any atom is -0.480 e. The Bertz CT molecular complexity index is 468. The van der Waals surface area contributed by atoms with Crippen LogP contribution in [-0.4, -0.2) is 26.6 Å². The van der Waals surface area contributed by atoms with E-state index in [-0.39, 0.29) is 0 Å². The normalized spacial score (nSPS) is 18.0. The fourth-order valence-corrected chi connectivity index (χ4v) is 2.64. The third-order valence-electron chi connectivity index (χ3n) is 3.70. The Kier molecular flexibility index (Phi) is 4.02. The fraction of sp³-hybridized carbons (Fsp3) is 0.643. The van der Waals surface area contributed by atoms with E-state index >= 15 is 0 Å². The second-order valence-electron chi connectivity index (χ2n) is 5.24. The standard InChI is InChI=1S/C14H21N3O2/c1-3-11-15-10(2)9-12(16-11)17-14(13(18)19)7-5-4-6-8-14/h9H,3-8H2,1-2H3,(H,18,19)(H,15,16,17). The number of carbonyl (C=O) groups is 1. The van der Waals surface area contributed by atoms with Crippen molar-refractivity contribution in [3.8, 4) is 0 Å². The zero-order valence-electron chi connectivity index (χ0n) is 11.6. The molecule has 0 radical (unpaired) electrons. The molecule has 2 rings (SSSR count). The summed E-state index contributed by atoms with van der Waals surface area (Å²) in [5.74, 6) is 0.606. The summed E-state index contributed by atoms with van der Waals surface area (Å²) in [6.45, 7) is 3.90. The van der Waals surface area contributed by atoms with Gasteiger partial charge in [0.05, 0.1) is 0 Å². The molecule has 1 fully saturated rings. The van der Waals surface area contributed by atoms with Crippen LogP contribution in [0.5, 0.6) is 0 Å². The Morgan fingerprint density at radius 2 is 2.05 bits per heavy atom. The minimum atomic E-state index is -0.857. The number of hydrogen-bond donors (Lipinski definition) is 2. The highest BCUT2D eigenvalue weighted by Gasteiger charge is 2.39. The first-order chi connectivity index (χ1) is 9.05. The summed E-state index contributed by atoms with van der Waals surface area (Å²) in [6.07, 6.45) is 5.07. The predicted octanol–water partition coefficient (Wildman–Crippen LogP) is 2.55. The minimum absolute atomic E-state index is 0.633. The molecule has 5 nitrogen and oxygen atoms in total. The highest BCUT2D eigenvalue weighted by Crippen LogP contribution is 2.31. The summed E-state index contributed by atoms with van der Waals surface area (Å²) in [6, 6.07) is 1.82. The molecule has 0 atom stereocenters. The predicted molar refractivity (Wildman–Crippen MR) is 73.2 cm³/mol. The molecule has 104 valence electrons. The van der Waals surface area contributed by atoms with E-state index in [1.165, 1.54) is 0 Å². The first-order valence-electron chi connectivity index (χ1n) is 6.92. The molecule has 19 heavy (non-hydrogen) atoms.